The lowest BCUT2D eigenvalue weighted by atomic mass is 9.80. The second-order valence-corrected chi connectivity index (χ2v) is 9.81. The third-order valence-corrected chi connectivity index (χ3v) is 7.62. The summed E-state index contributed by atoms with van der Waals surface area (Å²) in [7, 11) is 1.65. The number of ether oxygens (including phenoxy) is 3. The summed E-state index contributed by atoms with van der Waals surface area (Å²) in [6, 6.07) is 12.6. The molecule has 3 aromatic carbocycles. The zero-order valence-corrected chi connectivity index (χ0v) is 19.8. The van der Waals surface area contributed by atoms with Gasteiger partial charge in [0.1, 0.15) is 23.4 Å². The number of rotatable bonds is 4. The highest BCUT2D eigenvalue weighted by Crippen LogP contribution is 2.49. The Labute approximate surface area is 204 Å². The van der Waals surface area contributed by atoms with Crippen LogP contribution in [0.4, 0.5) is 0 Å². The van der Waals surface area contributed by atoms with Crippen molar-refractivity contribution in [2.45, 2.75) is 63.3 Å². The Balaban J connectivity index is 1.36. The minimum absolute atomic E-state index is 0.104. The lowest BCUT2D eigenvalue weighted by molar-refractivity contribution is 0.0201. The maximum absolute atomic E-state index is 11.2. The average molecular weight is 475 g/mol. The summed E-state index contributed by atoms with van der Waals surface area (Å²) in [5.74, 6) is 2.24. The number of hydrogen-bond acceptors (Lipinski definition) is 6. The average Bonchev–Trinajstić information content (AvgIpc) is 3.37. The zero-order valence-electron chi connectivity index (χ0n) is 19.8. The summed E-state index contributed by atoms with van der Waals surface area (Å²) in [4.78, 5) is 0. The van der Waals surface area contributed by atoms with Gasteiger partial charge in [0.15, 0.2) is 11.5 Å². The molecule has 2 aliphatic carbocycles. The van der Waals surface area contributed by atoms with E-state index in [9.17, 15) is 15.3 Å². The van der Waals surface area contributed by atoms with Crippen molar-refractivity contribution in [3.8, 4) is 39.9 Å². The Morgan fingerprint density at radius 3 is 2.54 bits per heavy atom. The lowest BCUT2D eigenvalue weighted by Crippen LogP contribution is -2.31. The van der Waals surface area contributed by atoms with Gasteiger partial charge in [-0.25, -0.2) is 0 Å². The molecular formula is C29H30O6. The van der Waals surface area contributed by atoms with E-state index in [0.29, 0.717) is 17.9 Å². The molecule has 2 unspecified atom stereocenters. The van der Waals surface area contributed by atoms with Gasteiger partial charge in [-0.15, -0.1) is 0 Å². The molecule has 3 N–H and O–H groups in total. The van der Waals surface area contributed by atoms with Crippen LogP contribution in [0.3, 0.4) is 0 Å². The third kappa shape index (κ3) is 3.86. The van der Waals surface area contributed by atoms with E-state index in [-0.39, 0.29) is 17.6 Å². The van der Waals surface area contributed by atoms with Crippen molar-refractivity contribution in [3.63, 3.8) is 0 Å². The molecule has 1 aliphatic heterocycles. The summed E-state index contributed by atoms with van der Waals surface area (Å²) in [6.45, 7) is 0. The number of fused-ring (bicyclic) bond motifs is 5. The SMILES string of the molecule is COc1cc2c(c3c1-c1ccc(O)cc1CC3)CC(O)C(c1ccc(O)c(OC3CCCC3)c1)O2. The van der Waals surface area contributed by atoms with E-state index >= 15 is 0 Å². The second kappa shape index (κ2) is 8.68. The van der Waals surface area contributed by atoms with Crippen LogP contribution >= 0.6 is 0 Å². The molecule has 2 atom stereocenters. The van der Waals surface area contributed by atoms with Gasteiger partial charge in [-0.3, -0.25) is 0 Å². The number of phenols is 2. The monoisotopic (exact) mass is 474 g/mol. The van der Waals surface area contributed by atoms with Crippen LogP contribution in [0.1, 0.15) is 54.0 Å². The number of benzene rings is 3. The summed E-state index contributed by atoms with van der Waals surface area (Å²) in [6.07, 6.45) is 5.11. The Morgan fingerprint density at radius 1 is 0.914 bits per heavy atom. The molecule has 35 heavy (non-hydrogen) atoms. The highest BCUT2D eigenvalue weighted by atomic mass is 16.5. The minimum Gasteiger partial charge on any atom is -0.508 e. The number of aliphatic hydroxyl groups excluding tert-OH is 1. The number of hydrogen-bond donors (Lipinski definition) is 3. The molecule has 0 aromatic heterocycles. The van der Waals surface area contributed by atoms with Gasteiger partial charge in [0.25, 0.3) is 0 Å². The van der Waals surface area contributed by atoms with Gasteiger partial charge < -0.3 is 29.5 Å². The molecule has 1 heterocycles. The highest BCUT2D eigenvalue weighted by molar-refractivity contribution is 5.82. The van der Waals surface area contributed by atoms with Crippen LogP contribution in [0.25, 0.3) is 11.1 Å². The Hall–Kier alpha value is -3.38. The number of phenolic OH excluding ortho intramolecular Hbond substituents is 2. The molecule has 0 radical (unpaired) electrons. The molecule has 0 amide bonds. The maximum Gasteiger partial charge on any atom is 0.161 e. The van der Waals surface area contributed by atoms with Crippen LogP contribution in [0.2, 0.25) is 0 Å². The van der Waals surface area contributed by atoms with E-state index in [1.165, 1.54) is 0 Å². The topological polar surface area (TPSA) is 88.4 Å². The first-order valence-electron chi connectivity index (χ1n) is 12.4. The Kier molecular flexibility index (Phi) is 5.49. The molecule has 182 valence electrons. The van der Waals surface area contributed by atoms with Crippen molar-refractivity contribution in [1.82, 2.24) is 0 Å². The predicted molar refractivity (Wildman–Crippen MR) is 132 cm³/mol. The molecule has 0 bridgehead atoms. The van der Waals surface area contributed by atoms with Crippen molar-refractivity contribution in [1.29, 1.82) is 0 Å². The molecule has 1 saturated carbocycles. The van der Waals surface area contributed by atoms with Gasteiger partial charge >= 0.3 is 0 Å². The zero-order chi connectivity index (χ0) is 24.1. The second-order valence-electron chi connectivity index (χ2n) is 9.81. The van der Waals surface area contributed by atoms with Crippen molar-refractivity contribution in [3.05, 3.63) is 64.7 Å². The van der Waals surface area contributed by atoms with Crippen LogP contribution in [0.15, 0.2) is 42.5 Å². The predicted octanol–water partition coefficient (Wildman–Crippen LogP) is 5.23. The van der Waals surface area contributed by atoms with E-state index in [1.807, 2.05) is 18.2 Å². The first kappa shape index (κ1) is 22.1. The normalized spacial score (nSPS) is 21.0. The highest BCUT2D eigenvalue weighted by Gasteiger charge is 2.35. The molecule has 6 rings (SSSR count). The van der Waals surface area contributed by atoms with Gasteiger partial charge in [0, 0.05) is 23.6 Å². The van der Waals surface area contributed by atoms with E-state index in [0.717, 1.165) is 77.7 Å². The van der Waals surface area contributed by atoms with Crippen molar-refractivity contribution < 1.29 is 29.5 Å². The third-order valence-electron chi connectivity index (χ3n) is 7.62. The first-order chi connectivity index (χ1) is 17.0. The van der Waals surface area contributed by atoms with Crippen molar-refractivity contribution in [2.75, 3.05) is 7.11 Å². The van der Waals surface area contributed by atoms with Crippen molar-refractivity contribution in [2.24, 2.45) is 0 Å². The minimum atomic E-state index is -0.745. The number of aliphatic hydroxyl groups is 1. The van der Waals surface area contributed by atoms with Gasteiger partial charge in [-0.1, -0.05) is 12.1 Å². The first-order valence-corrected chi connectivity index (χ1v) is 12.4. The van der Waals surface area contributed by atoms with Crippen molar-refractivity contribution >= 4 is 0 Å². The van der Waals surface area contributed by atoms with Crippen LogP contribution in [-0.4, -0.2) is 34.6 Å². The molecule has 0 spiro atoms. The number of methoxy groups -OCH3 is 1. The van der Waals surface area contributed by atoms with Gasteiger partial charge in [0.2, 0.25) is 0 Å². The van der Waals surface area contributed by atoms with Gasteiger partial charge in [-0.2, -0.15) is 0 Å². The fourth-order valence-electron chi connectivity index (χ4n) is 5.89. The molecule has 6 heteroatoms. The lowest BCUT2D eigenvalue weighted by Gasteiger charge is -2.35. The van der Waals surface area contributed by atoms with E-state index in [2.05, 4.69) is 0 Å². The van der Waals surface area contributed by atoms with Gasteiger partial charge in [-0.05, 0) is 85.0 Å². The fourth-order valence-corrected chi connectivity index (χ4v) is 5.89. The van der Waals surface area contributed by atoms with Crippen LogP contribution < -0.4 is 14.2 Å². The van der Waals surface area contributed by atoms with Crippen LogP contribution in [0.5, 0.6) is 28.7 Å². The number of aromatic hydroxyl groups is 2. The molecular weight excluding hydrogens is 444 g/mol. The molecule has 3 aliphatic rings. The number of aryl methyl sites for hydroxylation is 1. The van der Waals surface area contributed by atoms with Gasteiger partial charge in [0.05, 0.1) is 19.3 Å². The molecule has 0 saturated heterocycles. The standard InChI is InChI=1S/C29H30O6/c1-33-27-15-25-22(21-9-6-16-12-18(30)8-10-20(16)28(21)27)14-24(32)29(35-25)17-7-11-23(31)26(13-17)34-19-4-2-3-5-19/h7-8,10-13,15,19,24,29-32H,2-6,9,14H2,1H3. The molecule has 1 fully saturated rings. The van der Waals surface area contributed by atoms with Crippen LogP contribution in [0, 0.1) is 0 Å². The van der Waals surface area contributed by atoms with E-state index in [1.54, 1.807) is 31.4 Å². The quantitative estimate of drug-likeness (QED) is 0.480. The summed E-state index contributed by atoms with van der Waals surface area (Å²) >= 11 is 0. The molecule has 6 nitrogen and oxygen atoms in total. The van der Waals surface area contributed by atoms with E-state index in [4.69, 9.17) is 14.2 Å². The summed E-state index contributed by atoms with van der Waals surface area (Å²) in [5, 5.41) is 31.5. The Bertz CT molecular complexity index is 1280. The Morgan fingerprint density at radius 2 is 1.74 bits per heavy atom. The maximum atomic E-state index is 11.2. The smallest absolute Gasteiger partial charge is 0.161 e. The summed E-state index contributed by atoms with van der Waals surface area (Å²) in [5.41, 5.74) is 6.05. The fraction of sp³-hybridized carbons (Fsp3) is 0.379. The van der Waals surface area contributed by atoms with E-state index < -0.39 is 12.2 Å². The summed E-state index contributed by atoms with van der Waals surface area (Å²) < 4.78 is 18.3. The van der Waals surface area contributed by atoms with Crippen LogP contribution in [-0.2, 0) is 19.3 Å². The molecule has 3 aromatic rings. The largest absolute Gasteiger partial charge is 0.508 e.